The SMILES string of the molecule is c1ccc(N(c2ccc(-c3ccc4ccccc4c3)cc2)c2ccc(-n3c4ccccc4c4cc5ccccc5cc43)cc2)cc1. The Kier molecular flexibility index (Phi) is 6.17. The molecule has 0 amide bonds. The number of rotatable bonds is 5. The summed E-state index contributed by atoms with van der Waals surface area (Å²) in [5.41, 5.74) is 9.35. The number of aromatic nitrogens is 1. The maximum Gasteiger partial charge on any atom is 0.0547 e. The molecule has 0 N–H and O–H groups in total. The summed E-state index contributed by atoms with van der Waals surface area (Å²) in [6.07, 6.45) is 0. The van der Waals surface area contributed by atoms with Crippen LogP contribution in [-0.2, 0) is 0 Å². The molecule has 216 valence electrons. The van der Waals surface area contributed by atoms with Gasteiger partial charge in [0.1, 0.15) is 0 Å². The smallest absolute Gasteiger partial charge is 0.0547 e. The van der Waals surface area contributed by atoms with E-state index in [0.717, 1.165) is 22.7 Å². The molecule has 0 saturated carbocycles. The van der Waals surface area contributed by atoms with Crippen molar-refractivity contribution in [2.24, 2.45) is 0 Å². The summed E-state index contributed by atoms with van der Waals surface area (Å²) in [5.74, 6) is 0. The van der Waals surface area contributed by atoms with E-state index in [1.165, 1.54) is 54.5 Å². The quantitative estimate of drug-likeness (QED) is 0.195. The van der Waals surface area contributed by atoms with Gasteiger partial charge in [-0.1, -0.05) is 109 Å². The fourth-order valence-corrected chi connectivity index (χ4v) is 6.88. The molecular weight excluding hydrogens is 556 g/mol. The number of hydrogen-bond acceptors (Lipinski definition) is 1. The minimum atomic E-state index is 1.11. The van der Waals surface area contributed by atoms with E-state index in [0.29, 0.717) is 0 Å². The molecule has 9 rings (SSSR count). The summed E-state index contributed by atoms with van der Waals surface area (Å²) in [4.78, 5) is 2.33. The number of nitrogens with zero attached hydrogens (tertiary/aromatic N) is 2. The third kappa shape index (κ3) is 4.43. The van der Waals surface area contributed by atoms with E-state index in [-0.39, 0.29) is 0 Å². The maximum absolute atomic E-state index is 2.39. The van der Waals surface area contributed by atoms with Gasteiger partial charge in [0.05, 0.1) is 11.0 Å². The van der Waals surface area contributed by atoms with Gasteiger partial charge in [-0.2, -0.15) is 0 Å². The number of anilines is 3. The van der Waals surface area contributed by atoms with Crippen molar-refractivity contribution in [2.75, 3.05) is 4.90 Å². The molecule has 0 aliphatic carbocycles. The molecule has 0 aliphatic heterocycles. The van der Waals surface area contributed by atoms with Crippen molar-refractivity contribution in [2.45, 2.75) is 0 Å². The summed E-state index contributed by atoms with van der Waals surface area (Å²) >= 11 is 0. The topological polar surface area (TPSA) is 8.17 Å². The Morgan fingerprint density at radius 2 is 0.870 bits per heavy atom. The molecule has 0 radical (unpaired) electrons. The molecule has 0 spiro atoms. The lowest BCUT2D eigenvalue weighted by Gasteiger charge is -2.26. The number of hydrogen-bond donors (Lipinski definition) is 0. The van der Waals surface area contributed by atoms with Crippen LogP contribution in [-0.4, -0.2) is 4.57 Å². The molecule has 0 bridgehead atoms. The van der Waals surface area contributed by atoms with Crippen LogP contribution in [0.1, 0.15) is 0 Å². The zero-order valence-electron chi connectivity index (χ0n) is 25.2. The van der Waals surface area contributed by atoms with Gasteiger partial charge in [-0.25, -0.2) is 0 Å². The van der Waals surface area contributed by atoms with Gasteiger partial charge in [-0.15, -0.1) is 0 Å². The lowest BCUT2D eigenvalue weighted by molar-refractivity contribution is 1.17. The second-order valence-electron chi connectivity index (χ2n) is 11.9. The largest absolute Gasteiger partial charge is 0.311 e. The monoisotopic (exact) mass is 586 g/mol. The van der Waals surface area contributed by atoms with Crippen molar-refractivity contribution in [3.63, 3.8) is 0 Å². The Bertz CT molecular complexity index is 2510. The molecule has 9 aromatic rings. The summed E-state index contributed by atoms with van der Waals surface area (Å²) in [5, 5.41) is 7.57. The Morgan fingerprint density at radius 1 is 0.326 bits per heavy atom. The van der Waals surface area contributed by atoms with E-state index in [4.69, 9.17) is 0 Å². The number of para-hydroxylation sites is 2. The van der Waals surface area contributed by atoms with Crippen molar-refractivity contribution in [3.8, 4) is 16.8 Å². The Balaban J connectivity index is 1.13. The molecule has 0 saturated heterocycles. The first-order valence-electron chi connectivity index (χ1n) is 15.8. The van der Waals surface area contributed by atoms with Crippen molar-refractivity contribution in [1.82, 2.24) is 4.57 Å². The fraction of sp³-hybridized carbons (Fsp3) is 0. The van der Waals surface area contributed by atoms with Gasteiger partial charge in [0, 0.05) is 33.5 Å². The van der Waals surface area contributed by atoms with E-state index < -0.39 is 0 Å². The van der Waals surface area contributed by atoms with E-state index in [9.17, 15) is 0 Å². The van der Waals surface area contributed by atoms with Crippen molar-refractivity contribution < 1.29 is 0 Å². The average Bonchev–Trinajstić information content (AvgIpc) is 3.45. The molecule has 2 nitrogen and oxygen atoms in total. The molecule has 0 fully saturated rings. The zero-order chi connectivity index (χ0) is 30.5. The Morgan fingerprint density at radius 3 is 1.61 bits per heavy atom. The third-order valence-corrected chi connectivity index (χ3v) is 9.13. The predicted octanol–water partition coefficient (Wildman–Crippen LogP) is 12.2. The van der Waals surface area contributed by atoms with Gasteiger partial charge in [0.15, 0.2) is 0 Å². The van der Waals surface area contributed by atoms with Crippen LogP contribution in [0.2, 0.25) is 0 Å². The van der Waals surface area contributed by atoms with E-state index in [1.54, 1.807) is 0 Å². The van der Waals surface area contributed by atoms with Gasteiger partial charge in [0.2, 0.25) is 0 Å². The zero-order valence-corrected chi connectivity index (χ0v) is 25.2. The lowest BCUT2D eigenvalue weighted by atomic mass is 10.0. The van der Waals surface area contributed by atoms with Crippen LogP contribution in [0.3, 0.4) is 0 Å². The first-order chi connectivity index (χ1) is 22.8. The summed E-state index contributed by atoms with van der Waals surface area (Å²) < 4.78 is 2.39. The highest BCUT2D eigenvalue weighted by Gasteiger charge is 2.16. The van der Waals surface area contributed by atoms with Crippen molar-refractivity contribution in [1.29, 1.82) is 0 Å². The highest BCUT2D eigenvalue weighted by Crippen LogP contribution is 2.38. The molecule has 1 heterocycles. The van der Waals surface area contributed by atoms with Crippen LogP contribution in [0.5, 0.6) is 0 Å². The maximum atomic E-state index is 2.39. The molecule has 0 aliphatic rings. The molecule has 0 atom stereocenters. The summed E-state index contributed by atoms with van der Waals surface area (Å²) in [6.45, 7) is 0. The molecule has 1 aromatic heterocycles. The molecule has 8 aromatic carbocycles. The standard InChI is InChI=1S/C44H30N2/c1-2-14-37(15-3-1)45(38-22-20-32(21-23-38)36-19-18-31-10-4-5-11-33(31)28-36)39-24-26-40(27-25-39)46-43-17-9-8-16-41(43)42-29-34-12-6-7-13-35(34)30-44(42)46/h1-30H. The number of benzene rings is 8. The van der Waals surface area contributed by atoms with E-state index in [2.05, 4.69) is 191 Å². The van der Waals surface area contributed by atoms with Gasteiger partial charge < -0.3 is 9.47 Å². The normalized spacial score (nSPS) is 11.5. The van der Waals surface area contributed by atoms with Gasteiger partial charge in [-0.05, 0) is 105 Å². The fourth-order valence-electron chi connectivity index (χ4n) is 6.88. The van der Waals surface area contributed by atoms with Gasteiger partial charge in [0.25, 0.3) is 0 Å². The first-order valence-corrected chi connectivity index (χ1v) is 15.8. The number of fused-ring (bicyclic) bond motifs is 5. The predicted molar refractivity (Wildman–Crippen MR) is 196 cm³/mol. The minimum Gasteiger partial charge on any atom is -0.311 e. The Labute approximate surface area is 268 Å². The van der Waals surface area contributed by atoms with Crippen molar-refractivity contribution in [3.05, 3.63) is 182 Å². The van der Waals surface area contributed by atoms with Gasteiger partial charge in [-0.3, -0.25) is 0 Å². The van der Waals surface area contributed by atoms with E-state index in [1.807, 2.05) is 0 Å². The van der Waals surface area contributed by atoms with Crippen molar-refractivity contribution >= 4 is 60.4 Å². The molecule has 2 heteroatoms. The summed E-state index contributed by atoms with van der Waals surface area (Å²) in [7, 11) is 0. The lowest BCUT2D eigenvalue weighted by Crippen LogP contribution is -2.10. The minimum absolute atomic E-state index is 1.11. The van der Waals surface area contributed by atoms with E-state index >= 15 is 0 Å². The Hall–Kier alpha value is -6.12. The molecule has 0 unspecified atom stereocenters. The second-order valence-corrected chi connectivity index (χ2v) is 11.9. The first kappa shape index (κ1) is 26.3. The molecule has 46 heavy (non-hydrogen) atoms. The highest BCUT2D eigenvalue weighted by molar-refractivity contribution is 6.13. The van der Waals surface area contributed by atoms with Crippen LogP contribution >= 0.6 is 0 Å². The second kappa shape index (κ2) is 10.8. The third-order valence-electron chi connectivity index (χ3n) is 9.13. The summed E-state index contributed by atoms with van der Waals surface area (Å²) in [6, 6.07) is 65.7. The molecular formula is C44H30N2. The van der Waals surface area contributed by atoms with Crippen LogP contribution in [0.25, 0.3) is 60.2 Å². The van der Waals surface area contributed by atoms with Crippen LogP contribution in [0.15, 0.2) is 182 Å². The van der Waals surface area contributed by atoms with Crippen LogP contribution in [0, 0.1) is 0 Å². The van der Waals surface area contributed by atoms with Crippen LogP contribution < -0.4 is 4.90 Å². The highest BCUT2D eigenvalue weighted by atomic mass is 15.1. The van der Waals surface area contributed by atoms with Crippen LogP contribution in [0.4, 0.5) is 17.1 Å². The van der Waals surface area contributed by atoms with Gasteiger partial charge >= 0.3 is 0 Å². The average molecular weight is 587 g/mol.